The third kappa shape index (κ3) is 7.91. The van der Waals surface area contributed by atoms with E-state index in [9.17, 15) is 9.90 Å². The molecule has 0 bridgehead atoms. The average molecular weight is 512 g/mol. The van der Waals surface area contributed by atoms with E-state index in [0.29, 0.717) is 23.6 Å². The van der Waals surface area contributed by atoms with Gasteiger partial charge in [0.1, 0.15) is 5.75 Å². The molecule has 1 atom stereocenters. The third-order valence-corrected chi connectivity index (χ3v) is 6.81. The molecular weight excluding hydrogens is 466 g/mol. The van der Waals surface area contributed by atoms with Crippen molar-refractivity contribution in [2.45, 2.75) is 93.3 Å². The van der Waals surface area contributed by atoms with E-state index in [1.807, 2.05) is 46.0 Å². The van der Waals surface area contributed by atoms with Crippen LogP contribution in [0, 0.1) is 17.8 Å². The summed E-state index contributed by atoms with van der Waals surface area (Å²) in [5.41, 5.74) is 3.46. The molecule has 1 aliphatic rings. The van der Waals surface area contributed by atoms with E-state index in [0.717, 1.165) is 49.3 Å². The van der Waals surface area contributed by atoms with Crippen LogP contribution in [-0.2, 0) is 9.53 Å². The van der Waals surface area contributed by atoms with Crippen molar-refractivity contribution in [3.63, 3.8) is 0 Å². The second kappa shape index (κ2) is 11.0. The zero-order valence-electron chi connectivity index (χ0n) is 24.1. The quantitative estimate of drug-likeness (QED) is 0.415. The molecule has 7 heteroatoms. The van der Waals surface area contributed by atoms with Gasteiger partial charge in [-0.25, -0.2) is 4.79 Å². The third-order valence-electron chi connectivity index (χ3n) is 6.81. The number of hydrogen-bond acceptors (Lipinski definition) is 6. The van der Waals surface area contributed by atoms with Crippen LogP contribution in [0.1, 0.15) is 92.0 Å². The van der Waals surface area contributed by atoms with Crippen molar-refractivity contribution in [2.75, 3.05) is 24.6 Å². The van der Waals surface area contributed by atoms with Crippen LogP contribution in [0.5, 0.6) is 5.75 Å². The lowest BCUT2D eigenvalue weighted by Crippen LogP contribution is -2.39. The van der Waals surface area contributed by atoms with E-state index in [1.54, 1.807) is 6.20 Å². The van der Waals surface area contributed by atoms with Gasteiger partial charge in [0.15, 0.2) is 6.10 Å². The molecule has 2 aromatic rings. The van der Waals surface area contributed by atoms with Crippen molar-refractivity contribution in [1.82, 2.24) is 9.97 Å². The molecule has 3 rings (SSSR count). The Hall–Kier alpha value is -2.67. The van der Waals surface area contributed by atoms with E-state index < -0.39 is 17.7 Å². The number of carbonyl (C=O) groups is 1. The highest BCUT2D eigenvalue weighted by molar-refractivity contribution is 5.85. The lowest BCUT2D eigenvalue weighted by Gasteiger charge is -2.40. The van der Waals surface area contributed by atoms with Gasteiger partial charge in [-0.15, -0.1) is 0 Å². The highest BCUT2D eigenvalue weighted by atomic mass is 16.5. The van der Waals surface area contributed by atoms with Crippen LogP contribution >= 0.6 is 0 Å². The van der Waals surface area contributed by atoms with Gasteiger partial charge in [0.2, 0.25) is 0 Å². The van der Waals surface area contributed by atoms with Crippen LogP contribution in [0.4, 0.5) is 5.69 Å². The summed E-state index contributed by atoms with van der Waals surface area (Å²) in [7, 11) is 0. The second-order valence-electron chi connectivity index (χ2n) is 13.2. The van der Waals surface area contributed by atoms with Gasteiger partial charge in [0.25, 0.3) is 0 Å². The van der Waals surface area contributed by atoms with E-state index in [2.05, 4.69) is 44.5 Å². The van der Waals surface area contributed by atoms with Gasteiger partial charge in [-0.05, 0) is 69.9 Å². The maximum absolute atomic E-state index is 12.5. The molecule has 37 heavy (non-hydrogen) atoms. The molecule has 204 valence electrons. The number of carboxylic acid groups (broad SMARTS) is 1. The maximum atomic E-state index is 12.5. The Balaban J connectivity index is 2.06. The summed E-state index contributed by atoms with van der Waals surface area (Å²) < 4.78 is 12.0. The summed E-state index contributed by atoms with van der Waals surface area (Å²) >= 11 is 0. The molecule has 0 aromatic carbocycles. The van der Waals surface area contributed by atoms with Crippen LogP contribution < -0.4 is 9.64 Å². The van der Waals surface area contributed by atoms with Gasteiger partial charge in [-0.2, -0.15) is 0 Å². The van der Waals surface area contributed by atoms with E-state index in [4.69, 9.17) is 14.5 Å². The molecule has 0 radical (unpaired) electrons. The van der Waals surface area contributed by atoms with Gasteiger partial charge < -0.3 is 19.5 Å². The van der Waals surface area contributed by atoms with Crippen molar-refractivity contribution in [2.24, 2.45) is 10.8 Å². The first kappa shape index (κ1) is 28.9. The minimum Gasteiger partial charge on any atom is -0.492 e. The van der Waals surface area contributed by atoms with E-state index in [1.165, 1.54) is 0 Å². The molecule has 1 fully saturated rings. The van der Waals surface area contributed by atoms with Gasteiger partial charge in [-0.3, -0.25) is 9.97 Å². The average Bonchev–Trinajstić information content (AvgIpc) is 2.77. The zero-order valence-corrected chi connectivity index (χ0v) is 24.1. The number of aryl methyl sites for hydroxylation is 1. The molecular formula is C30H45N3O4. The van der Waals surface area contributed by atoms with Crippen molar-refractivity contribution in [1.29, 1.82) is 0 Å². The number of aliphatic carboxylic acids is 1. The molecule has 0 aliphatic carbocycles. The molecule has 7 nitrogen and oxygen atoms in total. The predicted octanol–water partition coefficient (Wildman–Crippen LogP) is 6.83. The Kier molecular flexibility index (Phi) is 8.57. The normalized spacial score (nSPS) is 16.9. The van der Waals surface area contributed by atoms with Crippen molar-refractivity contribution >= 4 is 11.7 Å². The topological polar surface area (TPSA) is 84.8 Å². The Labute approximate surface area is 222 Å². The second-order valence-corrected chi connectivity index (χ2v) is 13.2. The molecule has 0 spiro atoms. The fourth-order valence-electron chi connectivity index (χ4n) is 4.47. The predicted molar refractivity (Wildman–Crippen MR) is 148 cm³/mol. The van der Waals surface area contributed by atoms with Gasteiger partial charge in [0, 0.05) is 36.1 Å². The first-order valence-electron chi connectivity index (χ1n) is 13.3. The van der Waals surface area contributed by atoms with Crippen LogP contribution in [-0.4, -0.2) is 46.3 Å². The zero-order chi connectivity index (χ0) is 27.6. The van der Waals surface area contributed by atoms with Crippen LogP contribution in [0.25, 0.3) is 11.3 Å². The Bertz CT molecular complexity index is 1070. The fraction of sp³-hybridized carbons (Fsp3) is 0.633. The molecule has 0 amide bonds. The number of carboxylic acids is 1. The smallest absolute Gasteiger partial charge is 0.337 e. The Morgan fingerprint density at radius 3 is 2.24 bits per heavy atom. The van der Waals surface area contributed by atoms with Crippen LogP contribution in [0.3, 0.4) is 0 Å². The molecule has 0 unspecified atom stereocenters. The molecule has 2 aromatic heterocycles. The van der Waals surface area contributed by atoms with Gasteiger partial charge >= 0.3 is 5.97 Å². The summed E-state index contributed by atoms with van der Waals surface area (Å²) in [5.74, 6) is -0.305. The molecule has 1 aliphatic heterocycles. The number of piperidine rings is 1. The highest BCUT2D eigenvalue weighted by Gasteiger charge is 2.36. The summed E-state index contributed by atoms with van der Waals surface area (Å²) in [5, 5.41) is 10.3. The molecule has 3 heterocycles. The largest absolute Gasteiger partial charge is 0.492 e. The number of rotatable bonds is 8. The first-order valence-corrected chi connectivity index (χ1v) is 13.3. The summed E-state index contributed by atoms with van der Waals surface area (Å²) in [4.78, 5) is 24.2. The number of hydrogen-bond donors (Lipinski definition) is 1. The monoisotopic (exact) mass is 511 g/mol. The minimum atomic E-state index is -1.14. The van der Waals surface area contributed by atoms with E-state index >= 15 is 0 Å². The lowest BCUT2D eigenvalue weighted by atomic mass is 9.82. The number of nitrogens with zero attached hydrogens (tertiary/aromatic N) is 3. The number of aromatic nitrogens is 2. The standard InChI is InChI=1S/C30H45N3O4/c1-20-24(26(27(34)35)37-29(5,6)7)25(33-15-12-30(8,9)13-16-33)22(19-31-20)23-11-10-21(18-32-23)36-17-14-28(2,3)4/h10-11,18-19,26H,12-17H2,1-9H3,(H,34,35)/t26-/m0/s1. The van der Waals surface area contributed by atoms with Crippen molar-refractivity contribution in [3.8, 4) is 17.0 Å². The first-order chi connectivity index (χ1) is 17.1. The minimum absolute atomic E-state index is 0.199. The SMILES string of the molecule is Cc1ncc(-c2ccc(OCCC(C)(C)C)cn2)c(N2CCC(C)(C)CC2)c1[C@H](OC(C)(C)C)C(=O)O. The molecule has 1 saturated heterocycles. The Morgan fingerprint density at radius 1 is 1.08 bits per heavy atom. The van der Waals surface area contributed by atoms with Crippen molar-refractivity contribution in [3.05, 3.63) is 35.8 Å². The van der Waals surface area contributed by atoms with Crippen LogP contribution in [0.15, 0.2) is 24.5 Å². The number of ether oxygens (including phenoxy) is 2. The van der Waals surface area contributed by atoms with Crippen molar-refractivity contribution < 1.29 is 19.4 Å². The van der Waals surface area contributed by atoms with Gasteiger partial charge in [0.05, 0.1) is 29.8 Å². The van der Waals surface area contributed by atoms with Gasteiger partial charge in [-0.1, -0.05) is 34.6 Å². The molecule has 1 N–H and O–H groups in total. The van der Waals surface area contributed by atoms with Crippen LogP contribution in [0.2, 0.25) is 0 Å². The molecule has 0 saturated carbocycles. The number of anilines is 1. The maximum Gasteiger partial charge on any atom is 0.337 e. The lowest BCUT2D eigenvalue weighted by molar-refractivity contribution is -0.160. The summed E-state index contributed by atoms with van der Waals surface area (Å²) in [6, 6.07) is 3.86. The highest BCUT2D eigenvalue weighted by Crippen LogP contribution is 2.43. The Morgan fingerprint density at radius 2 is 1.73 bits per heavy atom. The van der Waals surface area contributed by atoms with E-state index in [-0.39, 0.29) is 10.8 Å². The summed E-state index contributed by atoms with van der Waals surface area (Å²) in [6.45, 7) is 20.9. The summed E-state index contributed by atoms with van der Waals surface area (Å²) in [6.07, 6.45) is 5.38. The fourth-order valence-corrected chi connectivity index (χ4v) is 4.47. The number of pyridine rings is 2.